The zero-order valence-electron chi connectivity index (χ0n) is 11.3. The molecule has 0 fully saturated rings. The van der Waals surface area contributed by atoms with Gasteiger partial charge >= 0.3 is 0 Å². The Balaban J connectivity index is 2.32. The van der Waals surface area contributed by atoms with Gasteiger partial charge in [-0.1, -0.05) is 63.2 Å². The second-order valence-electron chi connectivity index (χ2n) is 5.95. The maximum Gasteiger partial charge on any atom is 0.123 e. The lowest BCUT2D eigenvalue weighted by atomic mass is 9.87. The molecule has 1 nitrogen and oxygen atoms in total. The fourth-order valence-electron chi connectivity index (χ4n) is 2.16. The molecule has 0 heterocycles. The zero-order chi connectivity index (χ0) is 13.2. The highest BCUT2D eigenvalue weighted by molar-refractivity contribution is 5.70. The number of hydrogen-bond donors (Lipinski definition) is 1. The van der Waals surface area contributed by atoms with Crippen molar-refractivity contribution in [3.63, 3.8) is 0 Å². The zero-order valence-corrected chi connectivity index (χ0v) is 11.3. The van der Waals surface area contributed by atoms with Crippen molar-refractivity contribution in [1.82, 2.24) is 0 Å². The van der Waals surface area contributed by atoms with Gasteiger partial charge in [-0.25, -0.2) is 0 Å². The number of aromatic hydroxyl groups is 1. The Morgan fingerprint density at radius 1 is 0.944 bits per heavy atom. The van der Waals surface area contributed by atoms with E-state index in [9.17, 15) is 5.11 Å². The molecule has 0 saturated carbocycles. The highest BCUT2D eigenvalue weighted by Crippen LogP contribution is 2.31. The van der Waals surface area contributed by atoms with E-state index in [0.29, 0.717) is 5.75 Å². The molecule has 18 heavy (non-hydrogen) atoms. The first-order valence-electron chi connectivity index (χ1n) is 6.33. The third-order valence-electron chi connectivity index (χ3n) is 2.88. The molecule has 0 bridgehead atoms. The van der Waals surface area contributed by atoms with Gasteiger partial charge in [-0.05, 0) is 29.0 Å². The van der Waals surface area contributed by atoms with Crippen molar-refractivity contribution in [2.24, 2.45) is 5.41 Å². The Bertz CT molecular complexity index is 521. The summed E-state index contributed by atoms with van der Waals surface area (Å²) < 4.78 is 0. The summed E-state index contributed by atoms with van der Waals surface area (Å²) in [5, 5.41) is 10.1. The summed E-state index contributed by atoms with van der Waals surface area (Å²) in [5.41, 5.74) is 3.37. The van der Waals surface area contributed by atoms with Crippen molar-refractivity contribution >= 4 is 0 Å². The quantitative estimate of drug-likeness (QED) is 0.810. The molecule has 0 spiro atoms. The van der Waals surface area contributed by atoms with Crippen LogP contribution in [0.4, 0.5) is 0 Å². The molecule has 2 aromatic rings. The molecule has 0 atom stereocenters. The third kappa shape index (κ3) is 3.13. The highest BCUT2D eigenvalue weighted by Gasteiger charge is 2.13. The number of rotatable bonds is 2. The molecule has 0 aliphatic rings. The highest BCUT2D eigenvalue weighted by atomic mass is 16.3. The van der Waals surface area contributed by atoms with Crippen LogP contribution in [0.15, 0.2) is 48.5 Å². The van der Waals surface area contributed by atoms with Crippen molar-refractivity contribution in [2.45, 2.75) is 27.2 Å². The monoisotopic (exact) mass is 240 g/mol. The van der Waals surface area contributed by atoms with E-state index in [4.69, 9.17) is 0 Å². The van der Waals surface area contributed by atoms with E-state index in [-0.39, 0.29) is 5.41 Å². The van der Waals surface area contributed by atoms with E-state index >= 15 is 0 Å². The molecular formula is C17H20O. The normalized spacial score (nSPS) is 11.5. The smallest absolute Gasteiger partial charge is 0.123 e. The van der Waals surface area contributed by atoms with Gasteiger partial charge < -0.3 is 5.11 Å². The Kier molecular flexibility index (Phi) is 3.42. The summed E-state index contributed by atoms with van der Waals surface area (Å²) in [6, 6.07) is 16.0. The van der Waals surface area contributed by atoms with E-state index in [1.807, 2.05) is 42.5 Å². The van der Waals surface area contributed by atoms with E-state index < -0.39 is 0 Å². The predicted octanol–water partition coefficient (Wildman–Crippen LogP) is 4.65. The minimum Gasteiger partial charge on any atom is -0.507 e. The summed E-state index contributed by atoms with van der Waals surface area (Å²) >= 11 is 0. The second-order valence-corrected chi connectivity index (χ2v) is 5.95. The van der Waals surface area contributed by atoms with Crippen molar-refractivity contribution in [1.29, 1.82) is 0 Å². The lowest BCUT2D eigenvalue weighted by molar-refractivity contribution is 0.409. The summed E-state index contributed by atoms with van der Waals surface area (Å²) in [5.74, 6) is 0.364. The minimum atomic E-state index is 0.237. The molecule has 0 unspecified atom stereocenters. The van der Waals surface area contributed by atoms with Gasteiger partial charge in [0, 0.05) is 5.56 Å². The Labute approximate surface area is 109 Å². The Hall–Kier alpha value is -1.76. The SMILES string of the molecule is CC(C)(C)Cc1ccc(-c2ccccc2)c(O)c1. The average molecular weight is 240 g/mol. The number of phenolic OH excluding ortho intramolecular Hbond substituents is 1. The first kappa shape index (κ1) is 12.7. The van der Waals surface area contributed by atoms with Gasteiger partial charge in [-0.15, -0.1) is 0 Å². The van der Waals surface area contributed by atoms with E-state index in [1.54, 1.807) is 0 Å². The van der Waals surface area contributed by atoms with Crippen molar-refractivity contribution in [3.8, 4) is 16.9 Å². The van der Waals surface area contributed by atoms with Gasteiger partial charge in [-0.2, -0.15) is 0 Å². The van der Waals surface area contributed by atoms with Crippen LogP contribution in [0.1, 0.15) is 26.3 Å². The van der Waals surface area contributed by atoms with Gasteiger partial charge in [0.25, 0.3) is 0 Å². The molecule has 0 aromatic heterocycles. The van der Waals surface area contributed by atoms with Gasteiger partial charge in [0.1, 0.15) is 5.75 Å². The van der Waals surface area contributed by atoms with Crippen LogP contribution in [0.5, 0.6) is 5.75 Å². The van der Waals surface area contributed by atoms with Crippen molar-refractivity contribution < 1.29 is 5.11 Å². The maximum absolute atomic E-state index is 10.1. The summed E-state index contributed by atoms with van der Waals surface area (Å²) in [6.45, 7) is 6.61. The summed E-state index contributed by atoms with van der Waals surface area (Å²) in [4.78, 5) is 0. The van der Waals surface area contributed by atoms with Gasteiger partial charge in [-0.3, -0.25) is 0 Å². The molecular weight excluding hydrogens is 220 g/mol. The van der Waals surface area contributed by atoms with Crippen LogP contribution >= 0.6 is 0 Å². The molecule has 1 N–H and O–H groups in total. The van der Waals surface area contributed by atoms with Crippen LogP contribution in [0.2, 0.25) is 0 Å². The molecule has 2 rings (SSSR count). The second kappa shape index (κ2) is 4.85. The molecule has 1 heteroatoms. The van der Waals surface area contributed by atoms with Crippen LogP contribution < -0.4 is 0 Å². The van der Waals surface area contributed by atoms with Gasteiger partial charge in [0.15, 0.2) is 0 Å². The molecule has 0 saturated heterocycles. The molecule has 0 aliphatic heterocycles. The summed E-state index contributed by atoms with van der Waals surface area (Å²) in [7, 11) is 0. The molecule has 0 amide bonds. The largest absolute Gasteiger partial charge is 0.507 e. The first-order chi connectivity index (χ1) is 8.46. The molecule has 0 aliphatic carbocycles. The predicted molar refractivity (Wildman–Crippen MR) is 76.7 cm³/mol. The van der Waals surface area contributed by atoms with Gasteiger partial charge in [0.05, 0.1) is 0 Å². The fourth-order valence-corrected chi connectivity index (χ4v) is 2.16. The lowest BCUT2D eigenvalue weighted by Crippen LogP contribution is -2.08. The van der Waals surface area contributed by atoms with Crippen LogP contribution in [0, 0.1) is 5.41 Å². The number of phenols is 1. The van der Waals surface area contributed by atoms with Crippen LogP contribution in [-0.4, -0.2) is 5.11 Å². The van der Waals surface area contributed by atoms with Crippen LogP contribution in [-0.2, 0) is 6.42 Å². The average Bonchev–Trinajstić information content (AvgIpc) is 2.28. The van der Waals surface area contributed by atoms with Crippen LogP contribution in [0.25, 0.3) is 11.1 Å². The van der Waals surface area contributed by atoms with E-state index in [2.05, 4.69) is 26.8 Å². The Morgan fingerprint density at radius 3 is 2.17 bits per heavy atom. The first-order valence-corrected chi connectivity index (χ1v) is 6.33. The number of benzene rings is 2. The van der Waals surface area contributed by atoms with Crippen LogP contribution in [0.3, 0.4) is 0 Å². The molecule has 94 valence electrons. The molecule has 2 aromatic carbocycles. The lowest BCUT2D eigenvalue weighted by Gasteiger charge is -2.18. The Morgan fingerprint density at radius 2 is 1.61 bits per heavy atom. The van der Waals surface area contributed by atoms with Gasteiger partial charge in [0.2, 0.25) is 0 Å². The summed E-state index contributed by atoms with van der Waals surface area (Å²) in [6.07, 6.45) is 0.968. The maximum atomic E-state index is 10.1. The number of hydrogen-bond acceptors (Lipinski definition) is 1. The van der Waals surface area contributed by atoms with E-state index in [1.165, 1.54) is 5.56 Å². The topological polar surface area (TPSA) is 20.2 Å². The fraction of sp³-hybridized carbons (Fsp3) is 0.294. The standard InChI is InChI=1S/C17H20O/c1-17(2,3)12-13-9-10-15(16(18)11-13)14-7-5-4-6-8-14/h4-11,18H,12H2,1-3H3. The van der Waals surface area contributed by atoms with Crippen molar-refractivity contribution in [3.05, 3.63) is 54.1 Å². The minimum absolute atomic E-state index is 0.237. The van der Waals surface area contributed by atoms with E-state index in [0.717, 1.165) is 17.5 Å². The van der Waals surface area contributed by atoms with Crippen molar-refractivity contribution in [2.75, 3.05) is 0 Å². The molecule has 0 radical (unpaired) electrons. The third-order valence-corrected chi connectivity index (χ3v) is 2.88.